The van der Waals surface area contributed by atoms with E-state index in [-0.39, 0.29) is 12.2 Å². The van der Waals surface area contributed by atoms with Gasteiger partial charge in [0.25, 0.3) is 5.56 Å². The van der Waals surface area contributed by atoms with Crippen LogP contribution in [0.2, 0.25) is 0 Å². The molecular formula is C18H23N7O3S. The van der Waals surface area contributed by atoms with Crippen molar-refractivity contribution < 1.29 is 4.74 Å². The summed E-state index contributed by atoms with van der Waals surface area (Å²) in [5, 5.41) is 0.674. The Hall–Kier alpha value is -2.66. The highest BCUT2D eigenvalue weighted by Crippen LogP contribution is 2.24. The maximum atomic E-state index is 12.6. The standard InChI is InChI=1S/C18H23N7O3S/c1-11-9-24(10-12(2)28-11)17-21-14-13(15(26)22-18(27)23(14)3)25(17)7-8-29-16-19-5-4-6-20-16/h4-6,11-12H,7-10H2,1-3H3,(H,22,26,27). The van der Waals surface area contributed by atoms with Gasteiger partial charge in [-0.3, -0.25) is 14.3 Å². The predicted octanol–water partition coefficient (Wildman–Crippen LogP) is 0.619. The highest BCUT2D eigenvalue weighted by atomic mass is 32.2. The smallest absolute Gasteiger partial charge is 0.329 e. The van der Waals surface area contributed by atoms with E-state index in [4.69, 9.17) is 4.74 Å². The van der Waals surface area contributed by atoms with Gasteiger partial charge in [-0.05, 0) is 19.9 Å². The number of aromatic amines is 1. The van der Waals surface area contributed by atoms with Crippen LogP contribution >= 0.6 is 11.8 Å². The van der Waals surface area contributed by atoms with Gasteiger partial charge in [0.2, 0.25) is 5.95 Å². The maximum Gasteiger partial charge on any atom is 0.329 e. The number of nitrogens with one attached hydrogen (secondary N) is 1. The van der Waals surface area contributed by atoms with E-state index in [9.17, 15) is 9.59 Å². The van der Waals surface area contributed by atoms with E-state index >= 15 is 0 Å². The lowest BCUT2D eigenvalue weighted by Crippen LogP contribution is -2.46. The average molecular weight is 417 g/mol. The van der Waals surface area contributed by atoms with Gasteiger partial charge in [-0.2, -0.15) is 4.98 Å². The summed E-state index contributed by atoms with van der Waals surface area (Å²) in [5.41, 5.74) is -0.142. The molecule has 2 unspecified atom stereocenters. The molecule has 1 fully saturated rings. The number of fused-ring (bicyclic) bond motifs is 1. The lowest BCUT2D eigenvalue weighted by molar-refractivity contribution is -0.00586. The van der Waals surface area contributed by atoms with Gasteiger partial charge < -0.3 is 14.2 Å². The van der Waals surface area contributed by atoms with Crippen LogP contribution < -0.4 is 16.1 Å². The summed E-state index contributed by atoms with van der Waals surface area (Å²) >= 11 is 1.50. The Balaban J connectivity index is 1.74. The average Bonchev–Trinajstić information content (AvgIpc) is 3.07. The zero-order valence-electron chi connectivity index (χ0n) is 16.5. The first-order valence-electron chi connectivity index (χ1n) is 9.44. The Morgan fingerprint density at radius 3 is 2.59 bits per heavy atom. The number of anilines is 1. The van der Waals surface area contributed by atoms with Crippen LogP contribution in [-0.2, 0) is 18.3 Å². The number of aryl methyl sites for hydroxylation is 2. The largest absolute Gasteiger partial charge is 0.372 e. The molecule has 1 aliphatic heterocycles. The summed E-state index contributed by atoms with van der Waals surface area (Å²) in [7, 11) is 1.61. The fraction of sp³-hybridized carbons (Fsp3) is 0.500. The summed E-state index contributed by atoms with van der Waals surface area (Å²) < 4.78 is 9.09. The van der Waals surface area contributed by atoms with Crippen molar-refractivity contribution in [1.82, 2.24) is 29.1 Å². The predicted molar refractivity (Wildman–Crippen MR) is 111 cm³/mol. The maximum absolute atomic E-state index is 12.6. The van der Waals surface area contributed by atoms with E-state index in [1.165, 1.54) is 16.3 Å². The topological polar surface area (TPSA) is 111 Å². The van der Waals surface area contributed by atoms with Gasteiger partial charge in [0.05, 0.1) is 12.2 Å². The molecule has 3 aromatic heterocycles. The Labute approximate surface area is 170 Å². The fourth-order valence-corrected chi connectivity index (χ4v) is 4.33. The van der Waals surface area contributed by atoms with Crippen LogP contribution in [0, 0.1) is 0 Å². The number of rotatable bonds is 5. The molecule has 2 atom stereocenters. The normalized spacial score (nSPS) is 19.8. The van der Waals surface area contributed by atoms with Crippen LogP contribution in [0.1, 0.15) is 13.8 Å². The molecule has 0 bridgehead atoms. The Kier molecular flexibility index (Phi) is 5.41. The molecule has 11 heteroatoms. The minimum Gasteiger partial charge on any atom is -0.372 e. The molecule has 0 aliphatic carbocycles. The summed E-state index contributed by atoms with van der Waals surface area (Å²) in [6.45, 7) is 5.88. The third-order valence-electron chi connectivity index (χ3n) is 4.78. The van der Waals surface area contributed by atoms with Crippen molar-refractivity contribution in [3.8, 4) is 0 Å². The molecule has 0 saturated carbocycles. The van der Waals surface area contributed by atoms with Crippen molar-refractivity contribution in [3.05, 3.63) is 39.3 Å². The van der Waals surface area contributed by atoms with Gasteiger partial charge in [0, 0.05) is 44.8 Å². The fourth-order valence-electron chi connectivity index (χ4n) is 3.61. The lowest BCUT2D eigenvalue weighted by atomic mass is 10.2. The molecule has 3 aromatic rings. The van der Waals surface area contributed by atoms with Gasteiger partial charge in [0.15, 0.2) is 16.3 Å². The first-order valence-corrected chi connectivity index (χ1v) is 10.4. The Bertz CT molecular complexity index is 1110. The molecule has 1 N–H and O–H groups in total. The van der Waals surface area contributed by atoms with Crippen LogP contribution in [0.4, 0.5) is 5.95 Å². The molecule has 0 amide bonds. The third-order valence-corrected chi connectivity index (χ3v) is 5.63. The van der Waals surface area contributed by atoms with Gasteiger partial charge in [-0.1, -0.05) is 11.8 Å². The molecule has 0 aromatic carbocycles. The second-order valence-corrected chi connectivity index (χ2v) is 8.16. The molecule has 154 valence electrons. The van der Waals surface area contributed by atoms with Gasteiger partial charge in [0.1, 0.15) is 0 Å². The zero-order valence-corrected chi connectivity index (χ0v) is 17.3. The number of H-pyrrole nitrogens is 1. The highest BCUT2D eigenvalue weighted by molar-refractivity contribution is 7.99. The monoisotopic (exact) mass is 417 g/mol. The van der Waals surface area contributed by atoms with Crippen LogP contribution in [0.15, 0.2) is 33.2 Å². The van der Waals surface area contributed by atoms with Crippen molar-refractivity contribution in [3.63, 3.8) is 0 Å². The minimum absolute atomic E-state index is 0.0428. The second kappa shape index (κ2) is 7.99. The lowest BCUT2D eigenvalue weighted by Gasteiger charge is -2.36. The molecule has 4 rings (SSSR count). The molecule has 29 heavy (non-hydrogen) atoms. The van der Waals surface area contributed by atoms with Crippen LogP contribution in [0.25, 0.3) is 11.2 Å². The van der Waals surface area contributed by atoms with Crippen molar-refractivity contribution >= 4 is 28.9 Å². The molecule has 0 radical (unpaired) electrons. The van der Waals surface area contributed by atoms with Crippen molar-refractivity contribution in [2.75, 3.05) is 23.7 Å². The summed E-state index contributed by atoms with van der Waals surface area (Å²) in [6, 6.07) is 1.77. The third kappa shape index (κ3) is 3.92. The number of hydrogen-bond acceptors (Lipinski definition) is 8. The number of imidazole rings is 1. The van der Waals surface area contributed by atoms with E-state index in [1.807, 2.05) is 18.4 Å². The number of morpholine rings is 1. The van der Waals surface area contributed by atoms with Gasteiger partial charge in [-0.25, -0.2) is 14.8 Å². The van der Waals surface area contributed by atoms with Gasteiger partial charge in [-0.15, -0.1) is 0 Å². The number of hydrogen-bond donors (Lipinski definition) is 1. The second-order valence-electron chi connectivity index (χ2n) is 7.10. The SMILES string of the molecule is CC1CN(c2nc3c(c(=O)[nH]c(=O)n3C)n2CCSc2ncccn2)CC(C)O1. The van der Waals surface area contributed by atoms with Crippen LogP contribution in [-0.4, -0.2) is 60.1 Å². The molecular weight excluding hydrogens is 394 g/mol. The summed E-state index contributed by atoms with van der Waals surface area (Å²) in [5.74, 6) is 1.32. The quantitative estimate of drug-likeness (QED) is 0.475. The van der Waals surface area contributed by atoms with E-state index < -0.39 is 11.2 Å². The van der Waals surface area contributed by atoms with Crippen LogP contribution in [0.3, 0.4) is 0 Å². The first-order chi connectivity index (χ1) is 13.9. The number of ether oxygens (including phenoxy) is 1. The van der Waals surface area contributed by atoms with E-state index in [2.05, 4.69) is 24.8 Å². The molecule has 1 saturated heterocycles. The van der Waals surface area contributed by atoms with Crippen molar-refractivity contribution in [2.24, 2.45) is 7.05 Å². The Morgan fingerprint density at radius 2 is 1.90 bits per heavy atom. The highest BCUT2D eigenvalue weighted by Gasteiger charge is 2.28. The molecule has 4 heterocycles. The molecule has 10 nitrogen and oxygen atoms in total. The van der Waals surface area contributed by atoms with Crippen molar-refractivity contribution in [1.29, 1.82) is 0 Å². The molecule has 1 aliphatic rings. The summed E-state index contributed by atoms with van der Waals surface area (Å²) in [4.78, 5) is 42.3. The zero-order chi connectivity index (χ0) is 20.5. The van der Waals surface area contributed by atoms with E-state index in [0.717, 1.165) is 0 Å². The minimum atomic E-state index is -0.477. The van der Waals surface area contributed by atoms with E-state index in [0.29, 0.717) is 47.7 Å². The number of thioether (sulfide) groups is 1. The van der Waals surface area contributed by atoms with Gasteiger partial charge >= 0.3 is 5.69 Å². The number of nitrogens with zero attached hydrogens (tertiary/aromatic N) is 6. The van der Waals surface area contributed by atoms with Crippen LogP contribution in [0.5, 0.6) is 0 Å². The summed E-state index contributed by atoms with van der Waals surface area (Å²) in [6.07, 6.45) is 3.48. The Morgan fingerprint density at radius 1 is 1.21 bits per heavy atom. The number of aromatic nitrogens is 6. The molecule has 0 spiro atoms. The van der Waals surface area contributed by atoms with E-state index in [1.54, 1.807) is 25.5 Å². The first kappa shape index (κ1) is 19.6. The van der Waals surface area contributed by atoms with Crippen molar-refractivity contribution in [2.45, 2.75) is 37.8 Å².